The van der Waals surface area contributed by atoms with Crippen LogP contribution < -0.4 is 0 Å². The minimum Gasteiger partial charge on any atom is -0.285 e. The zero-order valence-electron chi connectivity index (χ0n) is 10.5. The second kappa shape index (κ2) is 4.41. The van der Waals surface area contributed by atoms with Crippen LogP contribution in [-0.4, -0.2) is 14.6 Å². The molecular weight excluding hydrogens is 224 g/mol. The fraction of sp³-hybridized carbons (Fsp3) is 0.500. The van der Waals surface area contributed by atoms with E-state index in [0.29, 0.717) is 11.5 Å². The number of hydrogen-bond acceptors (Lipinski definition) is 3. The molecular formula is C14H16N4. The Labute approximate surface area is 106 Å². The average Bonchev–Trinajstić information content (AvgIpc) is 2.82. The summed E-state index contributed by atoms with van der Waals surface area (Å²) in [5.74, 6) is 2.34. The van der Waals surface area contributed by atoms with Crippen LogP contribution in [0, 0.1) is 17.2 Å². The Morgan fingerprint density at radius 2 is 2.00 bits per heavy atom. The van der Waals surface area contributed by atoms with Crippen LogP contribution in [0.25, 0.3) is 5.65 Å². The molecule has 0 amide bonds. The van der Waals surface area contributed by atoms with Gasteiger partial charge >= 0.3 is 0 Å². The molecule has 2 aromatic rings. The molecule has 4 heteroatoms. The van der Waals surface area contributed by atoms with E-state index in [1.54, 1.807) is 6.07 Å². The van der Waals surface area contributed by atoms with Crippen molar-refractivity contribution in [1.82, 2.24) is 14.6 Å². The minimum absolute atomic E-state index is 0.491. The van der Waals surface area contributed by atoms with Crippen LogP contribution in [0.2, 0.25) is 0 Å². The highest BCUT2D eigenvalue weighted by atomic mass is 15.2. The van der Waals surface area contributed by atoms with Crippen LogP contribution in [0.4, 0.5) is 0 Å². The zero-order chi connectivity index (χ0) is 12.5. The lowest BCUT2D eigenvalue weighted by atomic mass is 9.82. The lowest BCUT2D eigenvalue weighted by molar-refractivity contribution is 0.338. The largest absolute Gasteiger partial charge is 0.285 e. The van der Waals surface area contributed by atoms with Gasteiger partial charge in [0.2, 0.25) is 0 Å². The van der Waals surface area contributed by atoms with E-state index in [1.165, 1.54) is 25.7 Å². The summed E-state index contributed by atoms with van der Waals surface area (Å²) in [4.78, 5) is 0. The second-order valence-electron chi connectivity index (χ2n) is 5.27. The van der Waals surface area contributed by atoms with Gasteiger partial charge < -0.3 is 0 Å². The smallest absolute Gasteiger partial charge is 0.160 e. The molecule has 0 aromatic carbocycles. The number of rotatable bonds is 1. The topological polar surface area (TPSA) is 54.0 Å². The molecule has 1 aliphatic rings. The number of hydrogen-bond donors (Lipinski definition) is 0. The first kappa shape index (κ1) is 11.2. The summed E-state index contributed by atoms with van der Waals surface area (Å²) in [5, 5.41) is 17.5. The van der Waals surface area contributed by atoms with Crippen molar-refractivity contribution in [1.29, 1.82) is 5.26 Å². The standard InChI is InChI=1S/C14H16N4/c1-10-2-5-12(6-3-10)14-17-16-13-7-4-11(8-15)9-18(13)14/h4,7,9-10,12H,2-3,5-6H2,1H3. The molecule has 0 saturated heterocycles. The van der Waals surface area contributed by atoms with Crippen LogP contribution in [0.5, 0.6) is 0 Å². The summed E-state index contributed by atoms with van der Waals surface area (Å²) in [6.07, 6.45) is 6.73. The Bertz CT molecular complexity index is 600. The van der Waals surface area contributed by atoms with Crippen LogP contribution in [0.3, 0.4) is 0 Å². The summed E-state index contributed by atoms with van der Waals surface area (Å²) in [6, 6.07) is 5.82. The molecule has 18 heavy (non-hydrogen) atoms. The van der Waals surface area contributed by atoms with Gasteiger partial charge in [-0.2, -0.15) is 5.26 Å². The van der Waals surface area contributed by atoms with Gasteiger partial charge in [-0.1, -0.05) is 19.8 Å². The number of aromatic nitrogens is 3. The van der Waals surface area contributed by atoms with E-state index in [9.17, 15) is 0 Å². The Kier molecular flexibility index (Phi) is 2.75. The highest BCUT2D eigenvalue weighted by molar-refractivity contribution is 5.43. The van der Waals surface area contributed by atoms with Crippen molar-refractivity contribution in [2.24, 2.45) is 5.92 Å². The fourth-order valence-electron chi connectivity index (χ4n) is 2.77. The third-order valence-electron chi connectivity index (χ3n) is 3.94. The molecule has 2 heterocycles. The van der Waals surface area contributed by atoms with Crippen molar-refractivity contribution in [2.45, 2.75) is 38.5 Å². The van der Waals surface area contributed by atoms with Gasteiger partial charge in [0.15, 0.2) is 5.65 Å². The number of pyridine rings is 1. The monoisotopic (exact) mass is 240 g/mol. The molecule has 0 radical (unpaired) electrons. The van der Waals surface area contributed by atoms with Crippen molar-refractivity contribution >= 4 is 5.65 Å². The Morgan fingerprint density at radius 1 is 1.22 bits per heavy atom. The van der Waals surface area contributed by atoms with E-state index in [2.05, 4.69) is 23.2 Å². The van der Waals surface area contributed by atoms with Crippen molar-refractivity contribution in [2.75, 3.05) is 0 Å². The molecule has 0 N–H and O–H groups in total. The molecule has 92 valence electrons. The maximum atomic E-state index is 8.97. The zero-order valence-corrected chi connectivity index (χ0v) is 10.5. The Hall–Kier alpha value is -1.89. The first-order valence-corrected chi connectivity index (χ1v) is 6.52. The van der Waals surface area contributed by atoms with E-state index >= 15 is 0 Å². The van der Waals surface area contributed by atoms with Gasteiger partial charge in [0.1, 0.15) is 11.9 Å². The number of nitriles is 1. The van der Waals surface area contributed by atoms with E-state index in [-0.39, 0.29) is 0 Å². The SMILES string of the molecule is CC1CCC(c2nnc3ccc(C#N)cn23)CC1. The summed E-state index contributed by atoms with van der Waals surface area (Å²) in [6.45, 7) is 2.31. The Balaban J connectivity index is 1.99. The average molecular weight is 240 g/mol. The molecule has 0 aliphatic heterocycles. The van der Waals surface area contributed by atoms with Gasteiger partial charge in [-0.15, -0.1) is 10.2 Å². The maximum Gasteiger partial charge on any atom is 0.160 e. The Morgan fingerprint density at radius 3 is 2.72 bits per heavy atom. The van der Waals surface area contributed by atoms with Gasteiger partial charge in [-0.3, -0.25) is 4.40 Å². The highest BCUT2D eigenvalue weighted by Crippen LogP contribution is 2.34. The normalized spacial score (nSPS) is 24.0. The molecule has 2 aromatic heterocycles. The molecule has 0 unspecified atom stereocenters. The summed E-state index contributed by atoms with van der Waals surface area (Å²) in [7, 11) is 0. The van der Waals surface area contributed by atoms with Crippen molar-refractivity contribution in [3.05, 3.63) is 29.7 Å². The van der Waals surface area contributed by atoms with E-state index in [4.69, 9.17) is 5.26 Å². The van der Waals surface area contributed by atoms with Crippen LogP contribution in [0.15, 0.2) is 18.3 Å². The summed E-state index contributed by atoms with van der Waals surface area (Å²) < 4.78 is 1.99. The minimum atomic E-state index is 0.491. The van der Waals surface area contributed by atoms with Crippen LogP contribution in [-0.2, 0) is 0 Å². The highest BCUT2D eigenvalue weighted by Gasteiger charge is 2.23. The first-order chi connectivity index (χ1) is 8.78. The molecule has 1 saturated carbocycles. The molecule has 0 atom stereocenters. The lowest BCUT2D eigenvalue weighted by Gasteiger charge is -2.24. The molecule has 3 rings (SSSR count). The number of fused-ring (bicyclic) bond motifs is 1. The predicted octanol–water partition coefficient (Wildman–Crippen LogP) is 2.89. The van der Waals surface area contributed by atoms with Gasteiger partial charge in [0.05, 0.1) is 5.56 Å². The summed E-state index contributed by atoms with van der Waals surface area (Å²) in [5.41, 5.74) is 1.50. The molecule has 1 fully saturated rings. The van der Waals surface area contributed by atoms with E-state index < -0.39 is 0 Å². The van der Waals surface area contributed by atoms with Gasteiger partial charge in [0, 0.05) is 12.1 Å². The second-order valence-corrected chi connectivity index (χ2v) is 5.27. The van der Waals surface area contributed by atoms with Crippen molar-refractivity contribution < 1.29 is 0 Å². The fourth-order valence-corrected chi connectivity index (χ4v) is 2.77. The lowest BCUT2D eigenvalue weighted by Crippen LogP contribution is -2.13. The quantitative estimate of drug-likeness (QED) is 0.770. The van der Waals surface area contributed by atoms with Crippen molar-refractivity contribution in [3.8, 4) is 6.07 Å². The van der Waals surface area contributed by atoms with Crippen molar-refractivity contribution in [3.63, 3.8) is 0 Å². The first-order valence-electron chi connectivity index (χ1n) is 6.52. The predicted molar refractivity (Wildman–Crippen MR) is 68.1 cm³/mol. The van der Waals surface area contributed by atoms with E-state index in [0.717, 1.165) is 17.4 Å². The molecule has 4 nitrogen and oxygen atoms in total. The summed E-state index contributed by atoms with van der Waals surface area (Å²) >= 11 is 0. The van der Waals surface area contributed by atoms with Gasteiger partial charge in [0.25, 0.3) is 0 Å². The maximum absolute atomic E-state index is 8.97. The van der Waals surface area contributed by atoms with E-state index in [1.807, 2.05) is 16.7 Å². The van der Waals surface area contributed by atoms with Crippen LogP contribution >= 0.6 is 0 Å². The van der Waals surface area contributed by atoms with Gasteiger partial charge in [-0.25, -0.2) is 0 Å². The van der Waals surface area contributed by atoms with Gasteiger partial charge in [-0.05, 0) is 30.9 Å². The third-order valence-corrected chi connectivity index (χ3v) is 3.94. The third kappa shape index (κ3) is 1.86. The molecule has 0 bridgehead atoms. The van der Waals surface area contributed by atoms with Crippen LogP contribution in [0.1, 0.15) is 49.9 Å². The molecule has 1 aliphatic carbocycles. The number of nitrogens with zero attached hydrogens (tertiary/aromatic N) is 4. The molecule has 0 spiro atoms.